The molecule has 0 amide bonds. The Labute approximate surface area is 118 Å². The lowest BCUT2D eigenvalue weighted by molar-refractivity contribution is 0.411. The van der Waals surface area contributed by atoms with Crippen molar-refractivity contribution in [3.8, 4) is 0 Å². The predicted octanol–water partition coefficient (Wildman–Crippen LogP) is 4.68. The van der Waals surface area contributed by atoms with Gasteiger partial charge < -0.3 is 5.32 Å². The van der Waals surface area contributed by atoms with E-state index in [0.717, 1.165) is 12.1 Å². The molecule has 2 aromatic rings. The monoisotopic (exact) mass is 277 g/mol. The van der Waals surface area contributed by atoms with Gasteiger partial charge in [0.25, 0.3) is 0 Å². The van der Waals surface area contributed by atoms with Crippen LogP contribution in [0.3, 0.4) is 0 Å². The molecule has 0 radical (unpaired) electrons. The highest BCUT2D eigenvalue weighted by atomic mass is 32.1. The second-order valence-electron chi connectivity index (χ2n) is 5.17. The normalized spacial score (nSPS) is 12.9. The molecule has 3 heteroatoms. The number of nitrogens with one attached hydrogen (secondary N) is 1. The van der Waals surface area contributed by atoms with Gasteiger partial charge >= 0.3 is 0 Å². The van der Waals surface area contributed by atoms with Crippen molar-refractivity contribution in [1.82, 2.24) is 5.32 Å². The van der Waals surface area contributed by atoms with Gasteiger partial charge in [0.05, 0.1) is 0 Å². The Balaban J connectivity index is 2.06. The molecule has 19 heavy (non-hydrogen) atoms. The maximum Gasteiger partial charge on any atom is 0.123 e. The summed E-state index contributed by atoms with van der Waals surface area (Å²) >= 11 is 1.82. The Bertz CT molecular complexity index is 516. The van der Waals surface area contributed by atoms with E-state index in [1.807, 2.05) is 23.5 Å². The van der Waals surface area contributed by atoms with Crippen LogP contribution in [0.1, 0.15) is 35.2 Å². The average Bonchev–Trinajstić information content (AvgIpc) is 2.77. The molecule has 1 aromatic carbocycles. The molecule has 0 spiro atoms. The highest BCUT2D eigenvalue weighted by Crippen LogP contribution is 2.23. The van der Waals surface area contributed by atoms with Crippen LogP contribution in [-0.2, 0) is 6.54 Å². The molecule has 0 fully saturated rings. The van der Waals surface area contributed by atoms with Crippen LogP contribution in [0.15, 0.2) is 36.4 Å². The van der Waals surface area contributed by atoms with Crippen molar-refractivity contribution in [2.24, 2.45) is 5.92 Å². The average molecular weight is 277 g/mol. The molecular formula is C16H20FNS. The maximum absolute atomic E-state index is 13.0. The molecule has 0 aliphatic heterocycles. The van der Waals surface area contributed by atoms with Crippen LogP contribution in [0.2, 0.25) is 0 Å². The predicted molar refractivity (Wildman–Crippen MR) is 79.9 cm³/mol. The van der Waals surface area contributed by atoms with Crippen LogP contribution >= 0.6 is 11.3 Å². The maximum atomic E-state index is 13.0. The van der Waals surface area contributed by atoms with Crippen LogP contribution < -0.4 is 5.32 Å². The summed E-state index contributed by atoms with van der Waals surface area (Å²) in [6.07, 6.45) is 0. The fourth-order valence-corrected chi connectivity index (χ4v) is 3.04. The lowest BCUT2D eigenvalue weighted by atomic mass is 9.96. The largest absolute Gasteiger partial charge is 0.305 e. The summed E-state index contributed by atoms with van der Waals surface area (Å²) in [6, 6.07) is 11.4. The first-order chi connectivity index (χ1) is 9.06. The van der Waals surface area contributed by atoms with Gasteiger partial charge in [0, 0.05) is 22.3 Å². The summed E-state index contributed by atoms with van der Waals surface area (Å²) < 4.78 is 13.0. The zero-order valence-electron chi connectivity index (χ0n) is 11.6. The fourth-order valence-electron chi connectivity index (χ4n) is 2.20. The summed E-state index contributed by atoms with van der Waals surface area (Å²) in [5.41, 5.74) is 1.14. The van der Waals surface area contributed by atoms with Crippen molar-refractivity contribution in [2.45, 2.75) is 33.4 Å². The van der Waals surface area contributed by atoms with Crippen molar-refractivity contribution in [3.05, 3.63) is 57.5 Å². The van der Waals surface area contributed by atoms with E-state index in [4.69, 9.17) is 0 Å². The van der Waals surface area contributed by atoms with E-state index in [1.165, 1.54) is 21.9 Å². The number of rotatable bonds is 5. The highest BCUT2D eigenvalue weighted by molar-refractivity contribution is 7.11. The number of hydrogen-bond acceptors (Lipinski definition) is 2. The molecular weight excluding hydrogens is 257 g/mol. The summed E-state index contributed by atoms with van der Waals surface area (Å²) in [5, 5.41) is 3.57. The Morgan fingerprint density at radius 1 is 1.11 bits per heavy atom. The second kappa shape index (κ2) is 6.31. The third-order valence-corrected chi connectivity index (χ3v) is 4.19. The van der Waals surface area contributed by atoms with Crippen LogP contribution in [0.4, 0.5) is 4.39 Å². The molecule has 1 nitrogen and oxygen atoms in total. The highest BCUT2D eigenvalue weighted by Gasteiger charge is 2.15. The topological polar surface area (TPSA) is 12.0 Å². The molecule has 102 valence electrons. The summed E-state index contributed by atoms with van der Waals surface area (Å²) in [6.45, 7) is 7.34. The van der Waals surface area contributed by atoms with Gasteiger partial charge in [0.15, 0.2) is 0 Å². The van der Waals surface area contributed by atoms with Gasteiger partial charge in [-0.2, -0.15) is 0 Å². The van der Waals surface area contributed by atoms with Gasteiger partial charge in [-0.3, -0.25) is 0 Å². The minimum absolute atomic E-state index is 0.180. The van der Waals surface area contributed by atoms with Crippen LogP contribution in [0.5, 0.6) is 0 Å². The Hall–Kier alpha value is -1.19. The van der Waals surface area contributed by atoms with Gasteiger partial charge in [0.1, 0.15) is 5.82 Å². The fraction of sp³-hybridized carbons (Fsp3) is 0.375. The summed E-state index contributed by atoms with van der Waals surface area (Å²) in [7, 11) is 0. The van der Waals surface area contributed by atoms with Gasteiger partial charge in [-0.15, -0.1) is 11.3 Å². The molecule has 1 aromatic heterocycles. The summed E-state index contributed by atoms with van der Waals surface area (Å²) in [5.74, 6) is 0.284. The molecule has 0 saturated carbocycles. The Morgan fingerprint density at radius 2 is 1.79 bits per heavy atom. The van der Waals surface area contributed by atoms with Crippen LogP contribution in [-0.4, -0.2) is 0 Å². The lowest BCUT2D eigenvalue weighted by Gasteiger charge is -2.22. The number of aryl methyl sites for hydroxylation is 1. The number of thiophene rings is 1. The van der Waals surface area contributed by atoms with Gasteiger partial charge in [0.2, 0.25) is 0 Å². The van der Waals surface area contributed by atoms with E-state index in [1.54, 1.807) is 0 Å². The molecule has 0 aliphatic carbocycles. The van der Waals surface area contributed by atoms with E-state index in [9.17, 15) is 4.39 Å². The molecule has 0 aliphatic rings. The zero-order valence-corrected chi connectivity index (χ0v) is 12.4. The first-order valence-electron chi connectivity index (χ1n) is 6.60. The standard InChI is InChI=1S/C16H20FNS/c1-11(2)16(13-5-7-14(17)8-6-13)18-10-15-9-4-12(3)19-15/h4-9,11,16,18H,10H2,1-3H3. The third kappa shape index (κ3) is 3.88. The molecule has 0 bridgehead atoms. The Morgan fingerprint density at radius 3 is 2.32 bits per heavy atom. The first kappa shape index (κ1) is 14.2. The van der Waals surface area contributed by atoms with Crippen LogP contribution in [0, 0.1) is 18.7 Å². The van der Waals surface area contributed by atoms with Crippen molar-refractivity contribution >= 4 is 11.3 Å². The molecule has 1 unspecified atom stereocenters. The third-order valence-electron chi connectivity index (χ3n) is 3.19. The first-order valence-corrected chi connectivity index (χ1v) is 7.42. The van der Waals surface area contributed by atoms with Gasteiger partial charge in [-0.25, -0.2) is 4.39 Å². The molecule has 1 heterocycles. The van der Waals surface area contributed by atoms with E-state index in [-0.39, 0.29) is 11.9 Å². The van der Waals surface area contributed by atoms with Crippen molar-refractivity contribution in [3.63, 3.8) is 0 Å². The number of halogens is 1. The van der Waals surface area contributed by atoms with E-state index in [2.05, 4.69) is 38.2 Å². The van der Waals surface area contributed by atoms with Crippen molar-refractivity contribution < 1.29 is 4.39 Å². The van der Waals surface area contributed by atoms with Crippen molar-refractivity contribution in [2.75, 3.05) is 0 Å². The van der Waals surface area contributed by atoms with E-state index in [0.29, 0.717) is 5.92 Å². The molecule has 2 rings (SSSR count). The molecule has 0 saturated heterocycles. The smallest absolute Gasteiger partial charge is 0.123 e. The number of benzene rings is 1. The Kier molecular flexibility index (Phi) is 4.72. The lowest BCUT2D eigenvalue weighted by Crippen LogP contribution is -2.25. The minimum atomic E-state index is -0.180. The van der Waals surface area contributed by atoms with Gasteiger partial charge in [-0.1, -0.05) is 26.0 Å². The minimum Gasteiger partial charge on any atom is -0.305 e. The summed E-state index contributed by atoms with van der Waals surface area (Å²) in [4.78, 5) is 2.67. The van der Waals surface area contributed by atoms with E-state index >= 15 is 0 Å². The molecule has 1 N–H and O–H groups in total. The number of hydrogen-bond donors (Lipinski definition) is 1. The second-order valence-corrected chi connectivity index (χ2v) is 6.54. The van der Waals surface area contributed by atoms with Crippen LogP contribution in [0.25, 0.3) is 0 Å². The van der Waals surface area contributed by atoms with E-state index < -0.39 is 0 Å². The zero-order chi connectivity index (χ0) is 13.8. The quantitative estimate of drug-likeness (QED) is 0.836. The SMILES string of the molecule is Cc1ccc(CNC(c2ccc(F)cc2)C(C)C)s1. The van der Waals surface area contributed by atoms with Gasteiger partial charge in [-0.05, 0) is 42.7 Å². The van der Waals surface area contributed by atoms with Crippen molar-refractivity contribution in [1.29, 1.82) is 0 Å². The molecule has 1 atom stereocenters.